The van der Waals surface area contributed by atoms with E-state index in [9.17, 15) is 28.6 Å². The molecule has 1 unspecified atom stereocenters. The van der Waals surface area contributed by atoms with Crippen LogP contribution < -0.4 is 10.6 Å². The zero-order valence-corrected chi connectivity index (χ0v) is 20.9. The van der Waals surface area contributed by atoms with Crippen LogP contribution in [-0.4, -0.2) is 91.5 Å². The van der Waals surface area contributed by atoms with Crippen LogP contribution in [0.25, 0.3) is 0 Å². The molecule has 188 valence electrons. The van der Waals surface area contributed by atoms with Gasteiger partial charge in [-0.2, -0.15) is 0 Å². The van der Waals surface area contributed by atoms with Crippen LogP contribution in [0.15, 0.2) is 12.2 Å². The van der Waals surface area contributed by atoms with Crippen molar-refractivity contribution in [1.82, 2.24) is 15.5 Å². The minimum absolute atomic E-state index is 0.00192. The molecule has 14 heteroatoms. The molecule has 0 aromatic heterocycles. The number of carbonyl (C=O) groups excluding carboxylic acids is 4. The van der Waals surface area contributed by atoms with Crippen molar-refractivity contribution in [3.8, 4) is 0 Å². The third kappa shape index (κ3) is 12.3. The summed E-state index contributed by atoms with van der Waals surface area (Å²) in [5.41, 5.74) is -0.815. The number of likely N-dealkylation sites (N-methyl/N-ethyl adjacent to an activating group) is 1. The van der Waals surface area contributed by atoms with Gasteiger partial charge in [0.05, 0.1) is 6.61 Å². The summed E-state index contributed by atoms with van der Waals surface area (Å²) in [6, 6.07) is 0. The third-order valence-corrected chi connectivity index (χ3v) is 6.01. The van der Waals surface area contributed by atoms with Gasteiger partial charge in [0.1, 0.15) is 6.61 Å². The van der Waals surface area contributed by atoms with Crippen molar-refractivity contribution >= 4 is 42.5 Å². The summed E-state index contributed by atoms with van der Waals surface area (Å²) < 4.78 is 26.1. The molecule has 1 aliphatic rings. The number of rotatable bonds is 12. The molecule has 0 bridgehead atoms. The molecule has 1 heterocycles. The Kier molecular flexibility index (Phi) is 12.3. The number of phosphoric ester groups is 1. The highest BCUT2D eigenvalue weighted by atomic mass is 32.2. The molecule has 0 aromatic carbocycles. The SMILES string of the molecule is CN(C)CCOC(=O)/C=C/C(=O)SCCNC(=O)CCNC(=O)[C@@H]1OP(=O)(O)OCC1(C)C. The standard InChI is InChI=1S/C19H32N3O9PS/c1-19(2)13-30-32(27,28)31-17(19)18(26)21-8-7-14(23)20-9-12-33-16(25)6-5-15(24)29-11-10-22(3)4/h5-6,17H,7-13H2,1-4H3,(H,20,23)(H,21,26)(H,27,28)/b6-5+/t17-/m0/s1. The van der Waals surface area contributed by atoms with Crippen LogP contribution in [0.2, 0.25) is 0 Å². The first-order valence-electron chi connectivity index (χ1n) is 10.2. The first-order chi connectivity index (χ1) is 15.3. The van der Waals surface area contributed by atoms with E-state index in [0.717, 1.165) is 23.9 Å². The van der Waals surface area contributed by atoms with Crippen LogP contribution in [0.3, 0.4) is 0 Å². The predicted molar refractivity (Wildman–Crippen MR) is 121 cm³/mol. The normalized spacial score (nSPS) is 22.2. The van der Waals surface area contributed by atoms with E-state index in [1.165, 1.54) is 0 Å². The van der Waals surface area contributed by atoms with Crippen LogP contribution in [0, 0.1) is 5.41 Å². The molecular formula is C19H32N3O9PS. The van der Waals surface area contributed by atoms with E-state index in [-0.39, 0.29) is 43.7 Å². The lowest BCUT2D eigenvalue weighted by Gasteiger charge is -2.38. The van der Waals surface area contributed by atoms with Gasteiger partial charge in [-0.05, 0) is 20.2 Å². The van der Waals surface area contributed by atoms with E-state index in [0.29, 0.717) is 12.3 Å². The maximum atomic E-state index is 12.3. The Labute approximate surface area is 197 Å². The number of hydrogen-bond donors (Lipinski definition) is 3. The molecule has 1 fully saturated rings. The summed E-state index contributed by atoms with van der Waals surface area (Å²) in [4.78, 5) is 58.6. The van der Waals surface area contributed by atoms with E-state index in [1.807, 2.05) is 19.0 Å². The third-order valence-electron chi connectivity index (χ3n) is 4.24. The number of thioether (sulfide) groups is 1. The van der Waals surface area contributed by atoms with E-state index in [1.54, 1.807) is 13.8 Å². The Balaban J connectivity index is 2.20. The van der Waals surface area contributed by atoms with Gasteiger partial charge in [0, 0.05) is 43.3 Å². The van der Waals surface area contributed by atoms with Gasteiger partial charge in [-0.3, -0.25) is 23.4 Å². The fraction of sp³-hybridized carbons (Fsp3) is 0.684. The Morgan fingerprint density at radius 3 is 2.58 bits per heavy atom. The van der Waals surface area contributed by atoms with Gasteiger partial charge in [-0.1, -0.05) is 25.6 Å². The van der Waals surface area contributed by atoms with Crippen LogP contribution in [0.4, 0.5) is 0 Å². The van der Waals surface area contributed by atoms with Gasteiger partial charge in [0.2, 0.25) is 16.9 Å². The van der Waals surface area contributed by atoms with E-state index in [2.05, 4.69) is 10.6 Å². The fourth-order valence-electron chi connectivity index (χ4n) is 2.42. The molecule has 0 aliphatic carbocycles. The number of ether oxygens (including phenoxy) is 1. The Morgan fingerprint density at radius 2 is 1.91 bits per heavy atom. The van der Waals surface area contributed by atoms with E-state index >= 15 is 0 Å². The van der Waals surface area contributed by atoms with Crippen LogP contribution in [-0.2, 0) is 37.5 Å². The molecule has 1 saturated heterocycles. The summed E-state index contributed by atoms with van der Waals surface area (Å²) in [6.45, 7) is 4.22. The summed E-state index contributed by atoms with van der Waals surface area (Å²) in [5.74, 6) is -1.26. The highest BCUT2D eigenvalue weighted by molar-refractivity contribution is 8.14. The highest BCUT2D eigenvalue weighted by Gasteiger charge is 2.47. The van der Waals surface area contributed by atoms with Gasteiger partial charge in [0.25, 0.3) is 0 Å². The average Bonchev–Trinajstić information content (AvgIpc) is 2.71. The number of esters is 1. The quantitative estimate of drug-likeness (QED) is 0.141. The van der Waals surface area contributed by atoms with Crippen molar-refractivity contribution in [3.63, 3.8) is 0 Å². The summed E-state index contributed by atoms with van der Waals surface area (Å²) in [6.07, 6.45) is 0.964. The smallest absolute Gasteiger partial charge is 0.461 e. The minimum atomic E-state index is -4.28. The molecular weight excluding hydrogens is 477 g/mol. The molecule has 2 atom stereocenters. The first kappa shape index (κ1) is 29.3. The Morgan fingerprint density at radius 1 is 1.21 bits per heavy atom. The van der Waals surface area contributed by atoms with Crippen molar-refractivity contribution in [3.05, 3.63) is 12.2 Å². The highest BCUT2D eigenvalue weighted by Crippen LogP contribution is 2.52. The molecule has 0 aromatic rings. The molecule has 0 radical (unpaired) electrons. The molecule has 2 amide bonds. The predicted octanol–water partition coefficient (Wildman–Crippen LogP) is 0.0717. The van der Waals surface area contributed by atoms with E-state index in [4.69, 9.17) is 13.8 Å². The Bertz CT molecular complexity index is 788. The lowest BCUT2D eigenvalue weighted by atomic mass is 9.87. The van der Waals surface area contributed by atoms with Crippen LogP contribution in [0.1, 0.15) is 20.3 Å². The average molecular weight is 510 g/mol. The van der Waals surface area contributed by atoms with Gasteiger partial charge in [0.15, 0.2) is 6.10 Å². The molecule has 0 spiro atoms. The molecule has 12 nitrogen and oxygen atoms in total. The molecule has 33 heavy (non-hydrogen) atoms. The number of nitrogens with zero attached hydrogens (tertiary/aromatic N) is 1. The number of carbonyl (C=O) groups is 4. The zero-order chi connectivity index (χ0) is 25.1. The summed E-state index contributed by atoms with van der Waals surface area (Å²) in [5, 5.41) is 4.76. The van der Waals surface area contributed by atoms with Crippen molar-refractivity contribution in [2.75, 3.05) is 52.7 Å². The van der Waals surface area contributed by atoms with Gasteiger partial charge >= 0.3 is 13.8 Å². The van der Waals surface area contributed by atoms with Gasteiger partial charge in [-0.25, -0.2) is 9.36 Å². The second kappa shape index (κ2) is 13.8. The maximum absolute atomic E-state index is 12.3. The summed E-state index contributed by atoms with van der Waals surface area (Å²) >= 11 is 0.931. The molecule has 3 N–H and O–H groups in total. The fourth-order valence-corrected chi connectivity index (χ4v) is 4.19. The van der Waals surface area contributed by atoms with Crippen molar-refractivity contribution < 1.29 is 42.4 Å². The monoisotopic (exact) mass is 509 g/mol. The zero-order valence-electron chi connectivity index (χ0n) is 19.2. The Hall–Kier alpha value is -1.76. The van der Waals surface area contributed by atoms with Crippen molar-refractivity contribution in [2.45, 2.75) is 26.4 Å². The lowest BCUT2D eigenvalue weighted by molar-refractivity contribution is -0.141. The number of phosphoric acid groups is 1. The first-order valence-corrected chi connectivity index (χ1v) is 12.7. The number of hydrogen-bond acceptors (Lipinski definition) is 10. The van der Waals surface area contributed by atoms with Crippen LogP contribution in [0.5, 0.6) is 0 Å². The summed E-state index contributed by atoms with van der Waals surface area (Å²) in [7, 11) is -0.585. The van der Waals surface area contributed by atoms with Crippen molar-refractivity contribution in [1.29, 1.82) is 0 Å². The largest absolute Gasteiger partial charge is 0.472 e. The lowest BCUT2D eigenvalue weighted by Crippen LogP contribution is -2.49. The van der Waals surface area contributed by atoms with Gasteiger partial charge in [-0.15, -0.1) is 0 Å². The van der Waals surface area contributed by atoms with Gasteiger partial charge < -0.3 is 25.2 Å². The minimum Gasteiger partial charge on any atom is -0.461 e. The maximum Gasteiger partial charge on any atom is 0.472 e. The number of amides is 2. The second-order valence-corrected chi connectivity index (χ2v) is 10.6. The van der Waals surface area contributed by atoms with E-state index < -0.39 is 31.2 Å². The second-order valence-electron chi connectivity index (χ2n) is 8.08. The van der Waals surface area contributed by atoms with Crippen LogP contribution >= 0.6 is 19.6 Å². The van der Waals surface area contributed by atoms with Crippen molar-refractivity contribution in [2.24, 2.45) is 5.41 Å². The molecule has 1 aliphatic heterocycles. The number of nitrogens with one attached hydrogen (secondary N) is 2. The topological polar surface area (TPSA) is 161 Å². The molecule has 0 saturated carbocycles. The molecule has 1 rings (SSSR count).